The summed E-state index contributed by atoms with van der Waals surface area (Å²) in [6.45, 7) is 5.91. The average molecular weight is 505 g/mol. The highest BCUT2D eigenvalue weighted by molar-refractivity contribution is 5.66. The van der Waals surface area contributed by atoms with Crippen LogP contribution >= 0.6 is 0 Å². The first-order valence-corrected chi connectivity index (χ1v) is 11.7. The average Bonchev–Trinajstić information content (AvgIpc) is 3.28. The van der Waals surface area contributed by atoms with Crippen molar-refractivity contribution in [1.29, 1.82) is 0 Å². The zero-order valence-electron chi connectivity index (χ0n) is 20.4. The molecule has 0 bridgehead atoms. The molecular weight excluding hydrogens is 473 g/mol. The number of nitrogens with one attached hydrogen (secondary N) is 2. The van der Waals surface area contributed by atoms with Crippen molar-refractivity contribution >= 4 is 11.7 Å². The number of aliphatic carboxylic acids is 1. The van der Waals surface area contributed by atoms with Crippen LogP contribution in [0.1, 0.15) is 66.3 Å². The third-order valence-electron chi connectivity index (χ3n) is 5.88. The predicted octanol–water partition coefficient (Wildman–Crippen LogP) is 5.52. The summed E-state index contributed by atoms with van der Waals surface area (Å²) in [6.07, 6.45) is -1.92. The van der Waals surface area contributed by atoms with Gasteiger partial charge in [0.1, 0.15) is 6.23 Å². The van der Waals surface area contributed by atoms with Crippen LogP contribution in [0.3, 0.4) is 0 Å². The summed E-state index contributed by atoms with van der Waals surface area (Å²) in [6, 6.07) is 11.2. The largest absolute Gasteiger partial charge is 0.481 e. The lowest BCUT2D eigenvalue weighted by molar-refractivity contribution is -0.138. The maximum Gasteiger partial charge on any atom is 0.419 e. The van der Waals surface area contributed by atoms with Crippen LogP contribution < -0.4 is 10.6 Å². The van der Waals surface area contributed by atoms with E-state index < -0.39 is 23.9 Å². The quantitative estimate of drug-likeness (QED) is 0.257. The molecule has 0 amide bonds. The van der Waals surface area contributed by atoms with Crippen molar-refractivity contribution in [3.05, 3.63) is 76.6 Å². The zero-order valence-corrected chi connectivity index (χ0v) is 20.4. The monoisotopic (exact) mass is 504 g/mol. The standard InChI is InChI=1S/C26H31F3N4O3/c1-4-5-22(18-6-8-19(9-7-18)25(36)30-11-10-23(34)35)32-21-12-16(2)24(17(3)13-21)33-15-20(14-31-33)26(27,28)29/h6-9,12-15,22,25,30,32,36H,4-5,10-11H2,1-3H3,(H,34,35). The van der Waals surface area contributed by atoms with Gasteiger partial charge in [0.15, 0.2) is 0 Å². The number of carbonyl (C=O) groups is 1. The minimum Gasteiger partial charge on any atom is -0.481 e. The Kier molecular flexibility index (Phi) is 8.75. The van der Waals surface area contributed by atoms with Gasteiger partial charge in [0.05, 0.1) is 29.9 Å². The van der Waals surface area contributed by atoms with Crippen molar-refractivity contribution in [2.24, 2.45) is 0 Å². The second kappa shape index (κ2) is 11.6. The van der Waals surface area contributed by atoms with Crippen molar-refractivity contribution in [2.45, 2.75) is 58.5 Å². The van der Waals surface area contributed by atoms with E-state index in [0.29, 0.717) is 11.3 Å². The van der Waals surface area contributed by atoms with Gasteiger partial charge in [-0.25, -0.2) is 4.68 Å². The molecule has 2 atom stereocenters. The third-order valence-corrected chi connectivity index (χ3v) is 5.88. The Labute approximate surface area is 208 Å². The highest BCUT2D eigenvalue weighted by Gasteiger charge is 2.32. The Morgan fingerprint density at radius 2 is 1.72 bits per heavy atom. The molecule has 0 saturated carbocycles. The number of aryl methyl sites for hydroxylation is 2. The highest BCUT2D eigenvalue weighted by Crippen LogP contribution is 2.32. The molecule has 1 heterocycles. The molecule has 4 N–H and O–H groups in total. The second-order valence-electron chi connectivity index (χ2n) is 8.78. The van der Waals surface area contributed by atoms with E-state index >= 15 is 0 Å². The smallest absolute Gasteiger partial charge is 0.419 e. The molecule has 0 saturated heterocycles. The number of hydrogen-bond acceptors (Lipinski definition) is 5. The van der Waals surface area contributed by atoms with Crippen molar-refractivity contribution in [3.8, 4) is 5.69 Å². The third kappa shape index (κ3) is 6.86. The maximum absolute atomic E-state index is 13.0. The molecule has 2 unspecified atom stereocenters. The number of aliphatic hydroxyl groups excluding tert-OH is 1. The van der Waals surface area contributed by atoms with Gasteiger partial charge in [-0.2, -0.15) is 18.3 Å². The van der Waals surface area contributed by atoms with Gasteiger partial charge in [-0.1, -0.05) is 37.6 Å². The zero-order chi connectivity index (χ0) is 26.5. The summed E-state index contributed by atoms with van der Waals surface area (Å²) >= 11 is 0. The van der Waals surface area contributed by atoms with Crippen LogP contribution in [-0.2, 0) is 11.0 Å². The van der Waals surface area contributed by atoms with Crippen LogP contribution in [-0.4, -0.2) is 32.5 Å². The van der Waals surface area contributed by atoms with E-state index in [4.69, 9.17) is 5.11 Å². The first-order valence-electron chi connectivity index (χ1n) is 11.7. The Hall–Kier alpha value is -3.37. The summed E-state index contributed by atoms with van der Waals surface area (Å²) in [7, 11) is 0. The molecule has 0 radical (unpaired) electrons. The molecule has 3 rings (SSSR count). The van der Waals surface area contributed by atoms with Crippen molar-refractivity contribution in [2.75, 3.05) is 11.9 Å². The van der Waals surface area contributed by atoms with Gasteiger partial charge < -0.3 is 15.5 Å². The van der Waals surface area contributed by atoms with E-state index in [1.54, 1.807) is 12.1 Å². The predicted molar refractivity (Wildman–Crippen MR) is 131 cm³/mol. The number of nitrogens with zero attached hydrogens (tertiary/aromatic N) is 2. The van der Waals surface area contributed by atoms with E-state index in [0.717, 1.165) is 47.6 Å². The number of carboxylic acid groups (broad SMARTS) is 1. The molecule has 3 aromatic rings. The lowest BCUT2D eigenvalue weighted by Crippen LogP contribution is -2.23. The summed E-state index contributed by atoms with van der Waals surface area (Å²) in [4.78, 5) is 10.6. The molecule has 0 aliphatic rings. The minimum atomic E-state index is -4.45. The van der Waals surface area contributed by atoms with Crippen LogP contribution in [0.15, 0.2) is 48.8 Å². The Bertz CT molecular complexity index is 1150. The fourth-order valence-electron chi connectivity index (χ4n) is 4.15. The van der Waals surface area contributed by atoms with E-state index in [-0.39, 0.29) is 19.0 Å². The second-order valence-corrected chi connectivity index (χ2v) is 8.78. The van der Waals surface area contributed by atoms with Crippen LogP contribution in [0.5, 0.6) is 0 Å². The molecule has 0 aliphatic carbocycles. The SMILES string of the molecule is CCCC(Nc1cc(C)c(-n2cc(C(F)(F)F)cn2)c(C)c1)c1ccc(C(O)NCCC(=O)O)cc1. The molecule has 10 heteroatoms. The Morgan fingerprint density at radius 1 is 1.11 bits per heavy atom. The Morgan fingerprint density at radius 3 is 2.25 bits per heavy atom. The summed E-state index contributed by atoms with van der Waals surface area (Å²) < 4.78 is 40.3. The van der Waals surface area contributed by atoms with Gasteiger partial charge in [0, 0.05) is 18.4 Å². The summed E-state index contributed by atoms with van der Waals surface area (Å²) in [5.41, 5.74) is 3.88. The van der Waals surface area contributed by atoms with E-state index in [1.165, 1.54) is 4.68 Å². The number of aromatic nitrogens is 2. The fraction of sp³-hybridized carbons (Fsp3) is 0.385. The van der Waals surface area contributed by atoms with Crippen molar-refractivity contribution < 1.29 is 28.2 Å². The van der Waals surface area contributed by atoms with Crippen molar-refractivity contribution in [3.63, 3.8) is 0 Å². The Balaban J connectivity index is 1.77. The molecule has 2 aromatic carbocycles. The van der Waals surface area contributed by atoms with Gasteiger partial charge in [-0.15, -0.1) is 0 Å². The van der Waals surface area contributed by atoms with E-state index in [1.807, 2.05) is 38.1 Å². The fourth-order valence-corrected chi connectivity index (χ4v) is 4.15. The number of aliphatic hydroxyl groups is 1. The number of hydrogen-bond donors (Lipinski definition) is 4. The minimum absolute atomic E-state index is 0.0210. The van der Waals surface area contributed by atoms with Crippen LogP contribution in [0, 0.1) is 13.8 Å². The van der Waals surface area contributed by atoms with Crippen molar-refractivity contribution in [1.82, 2.24) is 15.1 Å². The summed E-state index contributed by atoms with van der Waals surface area (Å²) in [5.74, 6) is -0.937. The normalized spacial score (nSPS) is 13.4. The molecule has 194 valence electrons. The molecule has 36 heavy (non-hydrogen) atoms. The molecule has 1 aromatic heterocycles. The van der Waals surface area contributed by atoms with Gasteiger partial charge >= 0.3 is 12.1 Å². The topological polar surface area (TPSA) is 99.4 Å². The van der Waals surface area contributed by atoms with Crippen LogP contribution in [0.2, 0.25) is 0 Å². The number of rotatable bonds is 11. The van der Waals surface area contributed by atoms with Crippen LogP contribution in [0.25, 0.3) is 5.69 Å². The van der Waals surface area contributed by atoms with Gasteiger partial charge in [-0.05, 0) is 54.7 Å². The number of carboxylic acids is 1. The molecule has 0 aliphatic heterocycles. The maximum atomic E-state index is 13.0. The van der Waals surface area contributed by atoms with Gasteiger partial charge in [0.2, 0.25) is 0 Å². The number of halogens is 3. The molecule has 7 nitrogen and oxygen atoms in total. The van der Waals surface area contributed by atoms with E-state index in [9.17, 15) is 23.1 Å². The van der Waals surface area contributed by atoms with Gasteiger partial charge in [0.25, 0.3) is 0 Å². The molecule has 0 spiro atoms. The number of alkyl halides is 3. The molecule has 0 fully saturated rings. The lowest BCUT2D eigenvalue weighted by Gasteiger charge is -2.22. The van der Waals surface area contributed by atoms with Crippen LogP contribution in [0.4, 0.5) is 18.9 Å². The summed E-state index contributed by atoms with van der Waals surface area (Å²) in [5, 5.41) is 29.2. The first-order chi connectivity index (χ1) is 17.0. The number of anilines is 1. The highest BCUT2D eigenvalue weighted by atomic mass is 19.4. The lowest BCUT2D eigenvalue weighted by atomic mass is 9.99. The molecular formula is C26H31F3N4O3. The number of benzene rings is 2. The first kappa shape index (κ1) is 27.2. The van der Waals surface area contributed by atoms with E-state index in [2.05, 4.69) is 22.7 Å². The van der Waals surface area contributed by atoms with Gasteiger partial charge in [-0.3, -0.25) is 10.1 Å².